The first-order chi connectivity index (χ1) is 9.77. The summed E-state index contributed by atoms with van der Waals surface area (Å²) in [4.78, 5) is 22.8. The molecule has 0 spiro atoms. The first-order valence-electron chi connectivity index (χ1n) is 6.50. The number of hydrogen-bond acceptors (Lipinski definition) is 4. The maximum Gasteiger partial charge on any atom is 0.291 e. The van der Waals surface area contributed by atoms with E-state index in [1.54, 1.807) is 18.2 Å². The summed E-state index contributed by atoms with van der Waals surface area (Å²) in [7, 11) is 0. The molecular weight excluding hydrogens is 270 g/mol. The van der Waals surface area contributed by atoms with E-state index >= 15 is 0 Å². The number of amides is 1. The van der Waals surface area contributed by atoms with Gasteiger partial charge in [-0.05, 0) is 29.8 Å². The molecule has 0 fully saturated rings. The van der Waals surface area contributed by atoms with Gasteiger partial charge in [-0.1, -0.05) is 32.9 Å². The predicted molar refractivity (Wildman–Crippen MR) is 76.1 cm³/mol. The summed E-state index contributed by atoms with van der Waals surface area (Å²) in [5, 5.41) is 13.4. The second-order valence-corrected chi connectivity index (χ2v) is 5.74. The Hall–Kier alpha value is -2.56. The van der Waals surface area contributed by atoms with E-state index in [1.807, 2.05) is 20.8 Å². The molecule has 2 rings (SSSR count). The Morgan fingerprint density at radius 1 is 1.14 bits per heavy atom. The van der Waals surface area contributed by atoms with E-state index in [9.17, 15) is 14.7 Å². The van der Waals surface area contributed by atoms with Gasteiger partial charge >= 0.3 is 0 Å². The minimum atomic E-state index is -1.29. The van der Waals surface area contributed by atoms with Gasteiger partial charge in [0, 0.05) is 11.1 Å². The summed E-state index contributed by atoms with van der Waals surface area (Å²) >= 11 is 0. The quantitative estimate of drug-likeness (QED) is 0.937. The predicted octanol–water partition coefficient (Wildman–Crippen LogP) is 2.19. The number of aromatic carboxylic acids is 1. The molecule has 1 heterocycles. The Kier molecular flexibility index (Phi) is 3.84. The summed E-state index contributed by atoms with van der Waals surface area (Å²) in [5.41, 5.74) is 0.186. The normalized spacial score (nSPS) is 11.2. The van der Waals surface area contributed by atoms with Gasteiger partial charge in [-0.3, -0.25) is 4.79 Å². The lowest BCUT2D eigenvalue weighted by Crippen LogP contribution is -2.22. The molecule has 5 heteroatoms. The Balaban J connectivity index is 2.16. The zero-order valence-electron chi connectivity index (χ0n) is 12.1. The lowest BCUT2D eigenvalue weighted by atomic mass is 9.94. The molecule has 0 aliphatic carbocycles. The van der Waals surface area contributed by atoms with Crippen LogP contribution in [0.1, 0.15) is 47.4 Å². The van der Waals surface area contributed by atoms with Crippen LogP contribution in [0.15, 0.2) is 40.8 Å². The molecule has 0 saturated heterocycles. The highest BCUT2D eigenvalue weighted by atomic mass is 16.4. The molecule has 0 radical (unpaired) electrons. The van der Waals surface area contributed by atoms with Crippen LogP contribution in [0.25, 0.3) is 0 Å². The van der Waals surface area contributed by atoms with Gasteiger partial charge in [0.05, 0.1) is 5.97 Å². The molecule has 0 atom stereocenters. The van der Waals surface area contributed by atoms with Crippen LogP contribution in [0.5, 0.6) is 0 Å². The first-order valence-corrected chi connectivity index (χ1v) is 6.50. The van der Waals surface area contributed by atoms with Gasteiger partial charge in [0.1, 0.15) is 5.76 Å². The van der Waals surface area contributed by atoms with Crippen LogP contribution >= 0.6 is 0 Å². The van der Waals surface area contributed by atoms with Gasteiger partial charge in [-0.25, -0.2) is 0 Å². The summed E-state index contributed by atoms with van der Waals surface area (Å²) in [6, 6.07) is 9.21. The van der Waals surface area contributed by atoms with Crippen molar-refractivity contribution in [2.75, 3.05) is 5.32 Å². The van der Waals surface area contributed by atoms with Crippen molar-refractivity contribution in [2.24, 2.45) is 0 Å². The summed E-state index contributed by atoms with van der Waals surface area (Å²) in [6.07, 6.45) is 0. The average Bonchev–Trinajstić information content (AvgIpc) is 2.88. The number of benzene rings is 1. The molecule has 0 unspecified atom stereocenters. The van der Waals surface area contributed by atoms with Crippen LogP contribution in [-0.4, -0.2) is 11.9 Å². The lowest BCUT2D eigenvalue weighted by molar-refractivity contribution is -0.255. The van der Waals surface area contributed by atoms with Crippen molar-refractivity contribution in [3.63, 3.8) is 0 Å². The number of carbonyl (C=O) groups excluding carboxylic acids is 2. The minimum absolute atomic E-state index is 0.00243. The fraction of sp³-hybridized carbons (Fsp3) is 0.250. The van der Waals surface area contributed by atoms with E-state index in [0.717, 1.165) is 0 Å². The molecule has 1 aromatic carbocycles. The van der Waals surface area contributed by atoms with Crippen molar-refractivity contribution in [2.45, 2.75) is 26.2 Å². The van der Waals surface area contributed by atoms with Crippen LogP contribution in [-0.2, 0) is 5.41 Å². The van der Waals surface area contributed by atoms with E-state index in [4.69, 9.17) is 4.42 Å². The number of rotatable bonds is 3. The molecule has 0 saturated carbocycles. The zero-order chi connectivity index (χ0) is 15.6. The van der Waals surface area contributed by atoms with Crippen LogP contribution in [0.3, 0.4) is 0 Å². The van der Waals surface area contributed by atoms with Crippen molar-refractivity contribution >= 4 is 17.6 Å². The molecule has 0 aliphatic rings. The molecule has 0 bridgehead atoms. The molecule has 5 nitrogen and oxygen atoms in total. The molecule has 1 amide bonds. The monoisotopic (exact) mass is 286 g/mol. The standard InChI is InChI=1S/C16H17NO4/c1-16(2,3)13-8-7-12(21-13)14(18)17-11-6-4-5-10(9-11)15(19)20/h4-9H,1-3H3,(H,17,18)(H,19,20)/p-1. The molecule has 0 aliphatic heterocycles. The van der Waals surface area contributed by atoms with E-state index in [-0.39, 0.29) is 16.7 Å². The third-order valence-corrected chi connectivity index (χ3v) is 2.93. The van der Waals surface area contributed by atoms with E-state index in [1.165, 1.54) is 18.2 Å². The van der Waals surface area contributed by atoms with Crippen molar-refractivity contribution in [1.82, 2.24) is 0 Å². The highest BCUT2D eigenvalue weighted by Crippen LogP contribution is 2.24. The van der Waals surface area contributed by atoms with E-state index in [2.05, 4.69) is 5.32 Å². The average molecular weight is 286 g/mol. The highest BCUT2D eigenvalue weighted by Gasteiger charge is 2.20. The maximum absolute atomic E-state index is 12.1. The number of carboxylic acids is 1. The Morgan fingerprint density at radius 2 is 1.86 bits per heavy atom. The number of carboxylic acid groups (broad SMARTS) is 1. The highest BCUT2D eigenvalue weighted by molar-refractivity contribution is 6.02. The van der Waals surface area contributed by atoms with Gasteiger partial charge in [0.2, 0.25) is 0 Å². The SMILES string of the molecule is CC(C)(C)c1ccc(C(=O)Nc2cccc(C(=O)[O-])c2)o1. The molecule has 1 aromatic heterocycles. The second-order valence-electron chi connectivity index (χ2n) is 5.74. The Labute approximate surface area is 122 Å². The van der Waals surface area contributed by atoms with Crippen molar-refractivity contribution in [1.29, 1.82) is 0 Å². The first kappa shape index (κ1) is 14.8. The largest absolute Gasteiger partial charge is 0.545 e. The topological polar surface area (TPSA) is 82.4 Å². The van der Waals surface area contributed by atoms with E-state index in [0.29, 0.717) is 11.4 Å². The second kappa shape index (κ2) is 5.44. The van der Waals surface area contributed by atoms with E-state index < -0.39 is 11.9 Å². The summed E-state index contributed by atoms with van der Waals surface area (Å²) in [6.45, 7) is 5.95. The minimum Gasteiger partial charge on any atom is -0.545 e. The zero-order valence-corrected chi connectivity index (χ0v) is 12.1. The molecule has 21 heavy (non-hydrogen) atoms. The van der Waals surface area contributed by atoms with Gasteiger partial charge in [0.15, 0.2) is 5.76 Å². The summed E-state index contributed by atoms with van der Waals surface area (Å²) < 4.78 is 5.52. The molecule has 2 aromatic rings. The lowest BCUT2D eigenvalue weighted by Gasteiger charge is -2.14. The number of anilines is 1. The van der Waals surface area contributed by atoms with Crippen LogP contribution in [0.2, 0.25) is 0 Å². The number of carbonyl (C=O) groups is 2. The van der Waals surface area contributed by atoms with Crippen molar-refractivity contribution in [3.05, 3.63) is 53.5 Å². The van der Waals surface area contributed by atoms with Gasteiger partial charge in [-0.15, -0.1) is 0 Å². The Bertz CT molecular complexity index is 680. The maximum atomic E-state index is 12.1. The third kappa shape index (κ3) is 3.51. The van der Waals surface area contributed by atoms with Crippen molar-refractivity contribution < 1.29 is 19.1 Å². The molecular formula is C16H16NO4-. The molecule has 110 valence electrons. The number of furan rings is 1. The van der Waals surface area contributed by atoms with Crippen LogP contribution < -0.4 is 10.4 Å². The Morgan fingerprint density at radius 3 is 2.43 bits per heavy atom. The van der Waals surface area contributed by atoms with Gasteiger partial charge in [-0.2, -0.15) is 0 Å². The van der Waals surface area contributed by atoms with Crippen LogP contribution in [0.4, 0.5) is 5.69 Å². The van der Waals surface area contributed by atoms with Crippen molar-refractivity contribution in [3.8, 4) is 0 Å². The van der Waals surface area contributed by atoms with Gasteiger partial charge < -0.3 is 19.6 Å². The number of nitrogens with one attached hydrogen (secondary N) is 1. The molecule has 1 N–H and O–H groups in total. The number of hydrogen-bond donors (Lipinski definition) is 1. The third-order valence-electron chi connectivity index (χ3n) is 2.93. The summed E-state index contributed by atoms with van der Waals surface area (Å²) in [5.74, 6) is -0.838. The fourth-order valence-electron chi connectivity index (χ4n) is 1.78. The van der Waals surface area contributed by atoms with Gasteiger partial charge in [0.25, 0.3) is 5.91 Å². The smallest absolute Gasteiger partial charge is 0.291 e. The fourth-order valence-corrected chi connectivity index (χ4v) is 1.78. The van der Waals surface area contributed by atoms with Crippen LogP contribution in [0, 0.1) is 0 Å².